The molecule has 5 aromatic rings. The van der Waals surface area contributed by atoms with Crippen LogP contribution >= 0.6 is 0 Å². The molecule has 2 aliphatic carbocycles. The predicted molar refractivity (Wildman–Crippen MR) is 216 cm³/mol. The number of nitrogens with zero attached hydrogens (tertiary/aromatic N) is 7. The number of anilines is 2. The minimum Gasteiger partial charge on any atom is -0.453 e. The van der Waals surface area contributed by atoms with E-state index in [-0.39, 0.29) is 51.5 Å². The quantitative estimate of drug-likeness (QED) is 0.114. The summed E-state index contributed by atoms with van der Waals surface area (Å²) >= 11 is 0. The normalized spacial score (nSPS) is 20.6. The molecule has 3 aromatic carbocycles. The maximum Gasteiger partial charge on any atom is 0.329 e. The molecule has 1 aliphatic heterocycles. The number of aromatic nitrogens is 4. The number of nitrogen functional groups attached to an aromatic ring is 1. The fourth-order valence-electron chi connectivity index (χ4n) is 9.77. The first-order valence-electron chi connectivity index (χ1n) is 20.1. The summed E-state index contributed by atoms with van der Waals surface area (Å²) in [6.45, 7) is 4.23. The molecule has 1 atom stereocenters. The Balaban J connectivity index is 0.899. The second kappa shape index (κ2) is 15.8. The Hall–Kier alpha value is -5.88. The van der Waals surface area contributed by atoms with Crippen molar-refractivity contribution in [1.82, 2.24) is 29.5 Å². The molecule has 3 N–H and O–H groups in total. The van der Waals surface area contributed by atoms with Crippen LogP contribution in [0.1, 0.15) is 94.2 Å². The molecule has 8 rings (SSSR count). The number of urea groups is 1. The van der Waals surface area contributed by atoms with Gasteiger partial charge in [0, 0.05) is 31.1 Å². The second-order valence-electron chi connectivity index (χ2n) is 16.2. The first-order valence-corrected chi connectivity index (χ1v) is 20.1. The molecule has 15 heteroatoms. The maximum atomic E-state index is 15.8. The van der Waals surface area contributed by atoms with Gasteiger partial charge in [0.15, 0.2) is 17.4 Å². The average Bonchev–Trinajstić information content (AvgIpc) is 3.78. The Morgan fingerprint density at radius 2 is 1.83 bits per heavy atom. The number of halogens is 2. The minimum absolute atomic E-state index is 0.0125. The highest BCUT2D eigenvalue weighted by Crippen LogP contribution is 2.51. The Labute approximate surface area is 334 Å². The lowest BCUT2D eigenvalue weighted by Crippen LogP contribution is -2.45. The number of likely N-dealkylation sites (tertiary alicyclic amines) is 1. The van der Waals surface area contributed by atoms with Gasteiger partial charge in [0.05, 0.1) is 28.4 Å². The third kappa shape index (κ3) is 7.14. The number of piperidine rings is 1. The number of hydrogen-bond donors (Lipinski definition) is 2. The molecular weight excluding hydrogens is 745 g/mol. The summed E-state index contributed by atoms with van der Waals surface area (Å²) in [7, 11) is 1.78. The van der Waals surface area contributed by atoms with Gasteiger partial charge in [-0.3, -0.25) is 29.1 Å². The van der Waals surface area contributed by atoms with Gasteiger partial charge in [-0.1, -0.05) is 6.92 Å². The highest BCUT2D eigenvalue weighted by molar-refractivity contribution is 6.03. The molecule has 2 aromatic heterocycles. The van der Waals surface area contributed by atoms with Crippen molar-refractivity contribution in [2.75, 3.05) is 30.3 Å². The van der Waals surface area contributed by atoms with Crippen LogP contribution in [0.25, 0.3) is 21.8 Å². The van der Waals surface area contributed by atoms with Crippen molar-refractivity contribution in [1.29, 1.82) is 5.26 Å². The van der Waals surface area contributed by atoms with Gasteiger partial charge < -0.3 is 15.4 Å². The van der Waals surface area contributed by atoms with Gasteiger partial charge >= 0.3 is 6.03 Å². The minimum atomic E-state index is -0.726. The summed E-state index contributed by atoms with van der Waals surface area (Å²) < 4.78 is 39.7. The molecule has 0 radical (unpaired) electrons. The summed E-state index contributed by atoms with van der Waals surface area (Å²) in [6.07, 6.45) is 11.3. The Kier molecular flexibility index (Phi) is 10.6. The highest BCUT2D eigenvalue weighted by atomic mass is 19.1. The molecule has 3 aliphatic rings. The number of carbonyl (C=O) groups is 2. The van der Waals surface area contributed by atoms with E-state index in [1.54, 1.807) is 40.8 Å². The number of nitriles is 1. The van der Waals surface area contributed by atoms with Gasteiger partial charge in [0.1, 0.15) is 23.2 Å². The molecule has 13 nitrogen and oxygen atoms in total. The van der Waals surface area contributed by atoms with Crippen LogP contribution in [0.3, 0.4) is 0 Å². The van der Waals surface area contributed by atoms with E-state index >= 15 is 4.39 Å². The lowest BCUT2D eigenvalue weighted by Gasteiger charge is -2.45. The Bertz CT molecular complexity index is 2500. The smallest absolute Gasteiger partial charge is 0.329 e. The topological polar surface area (TPSA) is 164 Å². The third-order valence-corrected chi connectivity index (χ3v) is 12.9. The van der Waals surface area contributed by atoms with Crippen LogP contribution in [0.2, 0.25) is 0 Å². The number of amides is 3. The van der Waals surface area contributed by atoms with Gasteiger partial charge in [-0.15, -0.1) is 0 Å². The summed E-state index contributed by atoms with van der Waals surface area (Å²) in [5.74, 6) is -0.685. The summed E-state index contributed by atoms with van der Waals surface area (Å²) in [5, 5.41) is 17.1. The van der Waals surface area contributed by atoms with Crippen LogP contribution in [0, 0.1) is 28.4 Å². The van der Waals surface area contributed by atoms with Crippen LogP contribution in [0.4, 0.5) is 25.1 Å². The van der Waals surface area contributed by atoms with Crippen LogP contribution in [0.15, 0.2) is 53.6 Å². The summed E-state index contributed by atoms with van der Waals surface area (Å²) in [5.41, 5.74) is 7.76. The number of carbonyl (C=O) groups excluding carboxylic acids is 2. The molecule has 2 saturated carbocycles. The van der Waals surface area contributed by atoms with Crippen molar-refractivity contribution in [3.63, 3.8) is 0 Å². The number of rotatable bonds is 9. The number of nitrogens with one attached hydrogen (secondary N) is 1. The summed E-state index contributed by atoms with van der Waals surface area (Å²) in [4.78, 5) is 46.1. The van der Waals surface area contributed by atoms with E-state index in [0.717, 1.165) is 82.5 Å². The third-order valence-electron chi connectivity index (χ3n) is 12.9. The zero-order valence-corrected chi connectivity index (χ0v) is 32.7. The average molecular weight is 792 g/mol. The zero-order chi connectivity index (χ0) is 40.7. The van der Waals surface area contributed by atoms with Crippen LogP contribution in [-0.4, -0.2) is 62.3 Å². The van der Waals surface area contributed by atoms with Gasteiger partial charge in [-0.05, 0) is 137 Å². The first-order chi connectivity index (χ1) is 28.0. The van der Waals surface area contributed by atoms with E-state index in [4.69, 9.17) is 10.5 Å². The van der Waals surface area contributed by atoms with Crippen LogP contribution < -0.4 is 26.2 Å². The van der Waals surface area contributed by atoms with E-state index in [1.807, 2.05) is 19.1 Å². The van der Waals surface area contributed by atoms with Crippen molar-refractivity contribution in [2.24, 2.45) is 12.5 Å². The molecule has 1 unspecified atom stereocenters. The summed E-state index contributed by atoms with van der Waals surface area (Å²) in [6, 6.07) is 12.4. The second-order valence-corrected chi connectivity index (χ2v) is 16.2. The highest BCUT2D eigenvalue weighted by Gasteiger charge is 2.43. The van der Waals surface area contributed by atoms with Gasteiger partial charge in [0.2, 0.25) is 6.41 Å². The number of benzene rings is 3. The molecule has 58 heavy (non-hydrogen) atoms. The molecule has 302 valence electrons. The van der Waals surface area contributed by atoms with E-state index < -0.39 is 11.8 Å². The van der Waals surface area contributed by atoms with Crippen LogP contribution in [-0.2, 0) is 11.8 Å². The van der Waals surface area contributed by atoms with E-state index in [2.05, 4.69) is 20.3 Å². The molecule has 1 saturated heterocycles. The first kappa shape index (κ1) is 39.0. The molecule has 1 spiro atoms. The van der Waals surface area contributed by atoms with Crippen molar-refractivity contribution in [2.45, 2.75) is 89.1 Å². The van der Waals surface area contributed by atoms with Gasteiger partial charge in [-0.2, -0.15) is 10.4 Å². The predicted octanol–water partition coefficient (Wildman–Crippen LogP) is 7.42. The van der Waals surface area contributed by atoms with Crippen LogP contribution in [0.5, 0.6) is 11.5 Å². The number of fused-ring (bicyclic) bond motifs is 2. The number of imide groups is 1. The lowest BCUT2D eigenvalue weighted by molar-refractivity contribution is -0.108. The lowest BCUT2D eigenvalue weighted by atomic mass is 9.75. The largest absolute Gasteiger partial charge is 0.453 e. The number of ether oxygens (including phenoxy) is 1. The van der Waals surface area contributed by atoms with Gasteiger partial charge in [0.25, 0.3) is 5.56 Å². The standard InChI is InChI=1S/C43H47F2N9O4/c1-3-16-53(42(57)49-25-55)40-32-20-35(45)30(21-38(32)51(2)50-40)26-4-6-27(7-5-26)52-17-14-43(15-18-52)13-12-28(22-43)54-24-48-37-11-8-29(19-31(37)41(54)56)58-39-33(23-46)36(47)10-9-34(39)44/h8-11,19-21,24-28H,3-7,12-18,22,47H2,1-2H3,(H,49,55,57). The monoisotopic (exact) mass is 791 g/mol. The van der Waals surface area contributed by atoms with Crippen molar-refractivity contribution >= 4 is 45.8 Å². The maximum absolute atomic E-state index is 15.8. The number of aryl methyl sites for hydroxylation is 1. The molecular formula is C43H47F2N9O4. The molecule has 3 fully saturated rings. The zero-order valence-electron chi connectivity index (χ0n) is 32.7. The number of hydrogen-bond acceptors (Lipinski definition) is 9. The Morgan fingerprint density at radius 3 is 2.55 bits per heavy atom. The molecule has 3 heterocycles. The van der Waals surface area contributed by atoms with Crippen molar-refractivity contribution in [3.8, 4) is 17.6 Å². The van der Waals surface area contributed by atoms with E-state index in [0.29, 0.717) is 53.1 Å². The fourth-order valence-corrected chi connectivity index (χ4v) is 9.77. The van der Waals surface area contributed by atoms with Crippen molar-refractivity contribution in [3.05, 3.63) is 81.9 Å². The fraction of sp³-hybridized carbons (Fsp3) is 0.442. The van der Waals surface area contributed by atoms with E-state index in [9.17, 15) is 24.0 Å². The van der Waals surface area contributed by atoms with E-state index in [1.165, 1.54) is 17.0 Å². The Morgan fingerprint density at radius 1 is 1.05 bits per heavy atom. The van der Waals surface area contributed by atoms with Gasteiger partial charge in [-0.25, -0.2) is 18.6 Å². The SMILES string of the molecule is CCCN(C(=O)NC=O)c1nn(C)c2cc(C3CCC(N4CCC5(CCC(n6cnc7ccc(Oc8c(F)ccc(N)c8C#N)cc7c6=O)C5)CC4)CC3)c(F)cc12. The molecule has 3 amide bonds. The molecule has 0 bridgehead atoms. The number of nitrogens with two attached hydrogens (primary N) is 1. The van der Waals surface area contributed by atoms with Crippen molar-refractivity contribution < 1.29 is 23.1 Å².